The number of rotatable bonds is 8. The van der Waals surface area contributed by atoms with Gasteiger partial charge in [0.05, 0.1) is 4.90 Å². The molecule has 0 radical (unpaired) electrons. The van der Waals surface area contributed by atoms with E-state index in [1.54, 1.807) is 19.2 Å². The summed E-state index contributed by atoms with van der Waals surface area (Å²) in [6, 6.07) is 7.31. The zero-order valence-corrected chi connectivity index (χ0v) is 21.6. The minimum absolute atomic E-state index is 0. The van der Waals surface area contributed by atoms with E-state index in [2.05, 4.69) is 20.3 Å². The second-order valence-electron chi connectivity index (χ2n) is 7.76. The number of nitrogens with one attached hydrogen (secondary N) is 3. The molecule has 10 heteroatoms. The first kappa shape index (κ1) is 25.5. The molecular formula is C20H33IN4O3S2. The van der Waals surface area contributed by atoms with Crippen LogP contribution in [0.25, 0.3) is 0 Å². The summed E-state index contributed by atoms with van der Waals surface area (Å²) in [5, 5.41) is 7.00. The van der Waals surface area contributed by atoms with E-state index in [9.17, 15) is 12.6 Å². The molecule has 0 heterocycles. The monoisotopic (exact) mass is 568 g/mol. The van der Waals surface area contributed by atoms with Crippen molar-refractivity contribution in [3.05, 3.63) is 29.8 Å². The number of hydrogen-bond donors (Lipinski definition) is 3. The SMILES string of the molecule is CCS(=O)C1CCCC(NC(=NC)NCc2ccc(S(=O)(=O)NC3CC3)cc2)C1.I. The van der Waals surface area contributed by atoms with E-state index in [4.69, 9.17) is 0 Å². The van der Waals surface area contributed by atoms with Crippen LogP contribution in [0, 0.1) is 0 Å². The maximum Gasteiger partial charge on any atom is 0.240 e. The van der Waals surface area contributed by atoms with E-state index in [1.165, 1.54) is 0 Å². The van der Waals surface area contributed by atoms with Crippen molar-refractivity contribution in [2.45, 2.75) is 74.2 Å². The van der Waals surface area contributed by atoms with Crippen LogP contribution in [0.4, 0.5) is 0 Å². The van der Waals surface area contributed by atoms with Crippen LogP contribution in [0.15, 0.2) is 34.2 Å². The Balaban J connectivity index is 0.00000320. The maximum absolute atomic E-state index is 12.2. The molecule has 0 spiro atoms. The van der Waals surface area contributed by atoms with Crippen molar-refractivity contribution < 1.29 is 12.6 Å². The number of sulfonamides is 1. The third-order valence-electron chi connectivity index (χ3n) is 5.44. The fraction of sp³-hybridized carbons (Fsp3) is 0.650. The van der Waals surface area contributed by atoms with E-state index in [0.717, 1.165) is 44.1 Å². The van der Waals surface area contributed by atoms with Gasteiger partial charge >= 0.3 is 0 Å². The minimum Gasteiger partial charge on any atom is -0.354 e. The molecular weight excluding hydrogens is 535 g/mol. The molecule has 0 bridgehead atoms. The Hall–Kier alpha value is -0.720. The van der Waals surface area contributed by atoms with Crippen molar-refractivity contribution in [2.24, 2.45) is 4.99 Å². The summed E-state index contributed by atoms with van der Waals surface area (Å²) in [7, 11) is -2.43. The van der Waals surface area contributed by atoms with Crippen molar-refractivity contribution in [1.29, 1.82) is 0 Å². The summed E-state index contributed by atoms with van der Waals surface area (Å²) in [6.07, 6.45) is 5.92. The molecule has 170 valence electrons. The summed E-state index contributed by atoms with van der Waals surface area (Å²) in [5.41, 5.74) is 0.979. The third kappa shape index (κ3) is 7.45. The highest BCUT2D eigenvalue weighted by Crippen LogP contribution is 2.23. The molecule has 1 aromatic carbocycles. The molecule has 0 aliphatic heterocycles. The molecule has 1 aromatic rings. The van der Waals surface area contributed by atoms with Gasteiger partial charge in [-0.2, -0.15) is 0 Å². The quantitative estimate of drug-likeness (QED) is 0.254. The smallest absolute Gasteiger partial charge is 0.240 e. The van der Waals surface area contributed by atoms with E-state index < -0.39 is 20.8 Å². The summed E-state index contributed by atoms with van der Waals surface area (Å²) in [4.78, 5) is 4.60. The second kappa shape index (κ2) is 11.8. The first-order valence-electron chi connectivity index (χ1n) is 10.4. The van der Waals surface area contributed by atoms with Crippen LogP contribution in [0.2, 0.25) is 0 Å². The van der Waals surface area contributed by atoms with E-state index in [-0.39, 0.29) is 41.3 Å². The van der Waals surface area contributed by atoms with Crippen LogP contribution in [-0.2, 0) is 27.4 Å². The van der Waals surface area contributed by atoms with Crippen molar-refractivity contribution >= 4 is 50.8 Å². The molecule has 30 heavy (non-hydrogen) atoms. The first-order chi connectivity index (χ1) is 13.9. The molecule has 3 rings (SSSR count). The van der Waals surface area contributed by atoms with Gasteiger partial charge in [-0.25, -0.2) is 13.1 Å². The average Bonchev–Trinajstić information content (AvgIpc) is 3.54. The molecule has 3 atom stereocenters. The largest absolute Gasteiger partial charge is 0.354 e. The van der Waals surface area contributed by atoms with Gasteiger partial charge in [-0.05, 0) is 49.8 Å². The van der Waals surface area contributed by atoms with Gasteiger partial charge in [-0.15, -0.1) is 24.0 Å². The van der Waals surface area contributed by atoms with Crippen LogP contribution < -0.4 is 15.4 Å². The van der Waals surface area contributed by atoms with Crippen molar-refractivity contribution in [2.75, 3.05) is 12.8 Å². The molecule has 2 fully saturated rings. The van der Waals surface area contributed by atoms with Gasteiger partial charge in [0.15, 0.2) is 5.96 Å². The van der Waals surface area contributed by atoms with Gasteiger partial charge in [0.25, 0.3) is 0 Å². The molecule has 2 aliphatic carbocycles. The molecule has 7 nitrogen and oxygen atoms in total. The van der Waals surface area contributed by atoms with Gasteiger partial charge in [-0.1, -0.05) is 25.5 Å². The third-order valence-corrected chi connectivity index (χ3v) is 8.72. The van der Waals surface area contributed by atoms with Crippen LogP contribution >= 0.6 is 24.0 Å². The fourth-order valence-electron chi connectivity index (χ4n) is 3.60. The molecule has 0 aromatic heterocycles. The Bertz CT molecular complexity index is 842. The van der Waals surface area contributed by atoms with Crippen molar-refractivity contribution in [3.8, 4) is 0 Å². The van der Waals surface area contributed by atoms with E-state index >= 15 is 0 Å². The van der Waals surface area contributed by atoms with Gasteiger partial charge in [0.1, 0.15) is 0 Å². The lowest BCUT2D eigenvalue weighted by Gasteiger charge is -2.30. The zero-order chi connectivity index (χ0) is 20.9. The Morgan fingerprint density at radius 1 is 1.13 bits per heavy atom. The minimum atomic E-state index is -3.41. The number of benzene rings is 1. The highest BCUT2D eigenvalue weighted by atomic mass is 127. The number of aliphatic imine (C=N–C) groups is 1. The lowest BCUT2D eigenvalue weighted by Crippen LogP contribution is -2.46. The Morgan fingerprint density at radius 3 is 2.43 bits per heavy atom. The lowest BCUT2D eigenvalue weighted by molar-refractivity contribution is 0.413. The number of guanidine groups is 1. The van der Waals surface area contributed by atoms with Gasteiger partial charge in [0.2, 0.25) is 10.0 Å². The van der Waals surface area contributed by atoms with Gasteiger partial charge < -0.3 is 10.6 Å². The summed E-state index contributed by atoms with van der Waals surface area (Å²) >= 11 is 0. The zero-order valence-electron chi connectivity index (χ0n) is 17.6. The lowest BCUT2D eigenvalue weighted by atomic mass is 9.95. The van der Waals surface area contributed by atoms with E-state index in [0.29, 0.717) is 23.2 Å². The average molecular weight is 569 g/mol. The Labute approximate surface area is 199 Å². The predicted octanol–water partition coefficient (Wildman–Crippen LogP) is 2.49. The Morgan fingerprint density at radius 2 is 1.83 bits per heavy atom. The van der Waals surface area contributed by atoms with Gasteiger partial charge in [-0.3, -0.25) is 9.20 Å². The van der Waals surface area contributed by atoms with Crippen LogP contribution in [0.3, 0.4) is 0 Å². The first-order valence-corrected chi connectivity index (χ1v) is 13.2. The van der Waals surface area contributed by atoms with Gasteiger partial charge in [0, 0.05) is 47.5 Å². The number of nitrogens with zero attached hydrogens (tertiary/aromatic N) is 1. The molecule has 2 aliphatic rings. The van der Waals surface area contributed by atoms with Crippen LogP contribution in [0.5, 0.6) is 0 Å². The molecule has 0 saturated heterocycles. The van der Waals surface area contributed by atoms with Crippen LogP contribution in [-0.4, -0.2) is 48.7 Å². The Kier molecular flexibility index (Phi) is 10.0. The fourth-order valence-corrected chi connectivity index (χ4v) is 6.25. The molecule has 0 amide bonds. The van der Waals surface area contributed by atoms with E-state index in [1.807, 2.05) is 19.1 Å². The van der Waals surface area contributed by atoms with Crippen LogP contribution in [0.1, 0.15) is 51.0 Å². The topological polar surface area (TPSA) is 99.7 Å². The van der Waals surface area contributed by atoms with Crippen molar-refractivity contribution in [1.82, 2.24) is 15.4 Å². The summed E-state index contributed by atoms with van der Waals surface area (Å²) in [5.74, 6) is 1.43. The predicted molar refractivity (Wildman–Crippen MR) is 133 cm³/mol. The molecule has 3 N–H and O–H groups in total. The summed E-state index contributed by atoms with van der Waals surface area (Å²) < 4.78 is 39.3. The number of halogens is 1. The highest BCUT2D eigenvalue weighted by molar-refractivity contribution is 14.0. The normalized spacial score (nSPS) is 23.3. The summed E-state index contributed by atoms with van der Waals surface area (Å²) in [6.45, 7) is 2.53. The highest BCUT2D eigenvalue weighted by Gasteiger charge is 2.28. The standard InChI is InChI=1S/C20H32N4O3S2.HI/c1-3-28(25)18-6-4-5-17(13-18)23-20(21-2)22-14-15-7-11-19(12-8-15)29(26,27)24-16-9-10-16;/h7-8,11-12,16-18,24H,3-6,9-10,13-14H2,1-2H3,(H2,21,22,23);1H. The molecule has 2 saturated carbocycles. The molecule has 3 unspecified atom stereocenters. The number of hydrogen-bond acceptors (Lipinski definition) is 4. The second-order valence-corrected chi connectivity index (χ2v) is 11.5. The maximum atomic E-state index is 12.2. The van der Waals surface area contributed by atoms with Crippen molar-refractivity contribution in [3.63, 3.8) is 0 Å².